The third-order valence-corrected chi connectivity index (χ3v) is 4.25. The molecular formula is C21H25ClIN5O2. The summed E-state index contributed by atoms with van der Waals surface area (Å²) in [4.78, 5) is 9.04. The molecular weight excluding hydrogens is 517 g/mol. The van der Waals surface area contributed by atoms with Gasteiger partial charge in [0.25, 0.3) is 0 Å². The van der Waals surface area contributed by atoms with Crippen LogP contribution in [0.5, 0.6) is 5.75 Å². The number of guanidine groups is 1. The summed E-state index contributed by atoms with van der Waals surface area (Å²) in [7, 11) is 0. The van der Waals surface area contributed by atoms with Crippen molar-refractivity contribution in [3.8, 4) is 17.1 Å². The number of aromatic nitrogens is 2. The van der Waals surface area contributed by atoms with Gasteiger partial charge in [-0.15, -0.1) is 24.0 Å². The molecule has 3 aromatic rings. The second-order valence-corrected chi connectivity index (χ2v) is 6.54. The van der Waals surface area contributed by atoms with Crippen LogP contribution in [0.3, 0.4) is 0 Å². The summed E-state index contributed by atoms with van der Waals surface area (Å²) in [5.41, 5.74) is 1.87. The maximum absolute atomic E-state index is 5.92. The van der Waals surface area contributed by atoms with Crippen molar-refractivity contribution < 1.29 is 9.26 Å². The zero-order valence-electron chi connectivity index (χ0n) is 16.9. The van der Waals surface area contributed by atoms with Crippen LogP contribution < -0.4 is 15.4 Å². The summed E-state index contributed by atoms with van der Waals surface area (Å²) in [6, 6.07) is 15.2. The molecule has 0 spiro atoms. The molecule has 3 rings (SSSR count). The fourth-order valence-corrected chi connectivity index (χ4v) is 2.76. The van der Waals surface area contributed by atoms with Crippen molar-refractivity contribution in [2.24, 2.45) is 4.99 Å². The summed E-state index contributed by atoms with van der Waals surface area (Å²) < 4.78 is 11.0. The van der Waals surface area contributed by atoms with Crippen LogP contribution in [0, 0.1) is 0 Å². The number of rotatable bonds is 8. The highest BCUT2D eigenvalue weighted by molar-refractivity contribution is 14.0. The van der Waals surface area contributed by atoms with E-state index in [0.717, 1.165) is 23.4 Å². The van der Waals surface area contributed by atoms with Crippen molar-refractivity contribution in [3.05, 3.63) is 65.0 Å². The van der Waals surface area contributed by atoms with Gasteiger partial charge in [-0.1, -0.05) is 35.0 Å². The third-order valence-electron chi connectivity index (χ3n) is 4.00. The Hall–Kier alpha value is -2.33. The van der Waals surface area contributed by atoms with Gasteiger partial charge in [0, 0.05) is 22.7 Å². The fraction of sp³-hybridized carbons (Fsp3) is 0.286. The van der Waals surface area contributed by atoms with Gasteiger partial charge in [0.2, 0.25) is 11.7 Å². The van der Waals surface area contributed by atoms with E-state index in [1.165, 1.54) is 0 Å². The van der Waals surface area contributed by atoms with Gasteiger partial charge in [-0.2, -0.15) is 4.98 Å². The number of nitrogens with one attached hydrogen (secondary N) is 2. The van der Waals surface area contributed by atoms with Gasteiger partial charge in [0.05, 0.1) is 19.7 Å². The molecule has 0 fully saturated rings. The van der Waals surface area contributed by atoms with Crippen molar-refractivity contribution in [2.45, 2.75) is 26.9 Å². The van der Waals surface area contributed by atoms with Gasteiger partial charge in [-0.3, -0.25) is 0 Å². The van der Waals surface area contributed by atoms with Gasteiger partial charge in [-0.25, -0.2) is 4.99 Å². The Bertz CT molecular complexity index is 947. The first-order valence-electron chi connectivity index (χ1n) is 9.51. The van der Waals surface area contributed by atoms with E-state index >= 15 is 0 Å². The first-order valence-corrected chi connectivity index (χ1v) is 9.88. The first-order chi connectivity index (χ1) is 14.2. The highest BCUT2D eigenvalue weighted by Gasteiger charge is 2.09. The lowest BCUT2D eigenvalue weighted by Crippen LogP contribution is -2.36. The maximum Gasteiger partial charge on any atom is 0.246 e. The minimum atomic E-state index is 0. The normalized spacial score (nSPS) is 11.0. The monoisotopic (exact) mass is 541 g/mol. The first kappa shape index (κ1) is 23.9. The molecule has 0 saturated heterocycles. The van der Waals surface area contributed by atoms with Crippen LogP contribution in [0.4, 0.5) is 0 Å². The van der Waals surface area contributed by atoms with Gasteiger partial charge >= 0.3 is 0 Å². The molecule has 0 aliphatic heterocycles. The number of nitrogens with zero attached hydrogens (tertiary/aromatic N) is 3. The Morgan fingerprint density at radius 3 is 2.60 bits per heavy atom. The molecule has 0 saturated carbocycles. The summed E-state index contributed by atoms with van der Waals surface area (Å²) in [5.74, 6) is 2.49. The molecule has 30 heavy (non-hydrogen) atoms. The second kappa shape index (κ2) is 12.4. The lowest BCUT2D eigenvalue weighted by Gasteiger charge is -2.11. The van der Waals surface area contributed by atoms with Crippen molar-refractivity contribution in [1.82, 2.24) is 20.8 Å². The van der Waals surface area contributed by atoms with Crippen LogP contribution in [0.2, 0.25) is 5.02 Å². The minimum absolute atomic E-state index is 0. The quantitative estimate of drug-likeness (QED) is 0.245. The van der Waals surface area contributed by atoms with E-state index in [9.17, 15) is 0 Å². The number of benzene rings is 2. The van der Waals surface area contributed by atoms with E-state index in [4.69, 9.17) is 20.9 Å². The number of halogens is 2. The topological polar surface area (TPSA) is 84.6 Å². The van der Waals surface area contributed by atoms with E-state index in [1.54, 1.807) is 12.1 Å². The molecule has 160 valence electrons. The Balaban J connectivity index is 0.00000320. The lowest BCUT2D eigenvalue weighted by molar-refractivity contribution is 0.336. The second-order valence-electron chi connectivity index (χ2n) is 6.11. The van der Waals surface area contributed by atoms with Gasteiger partial charge in [0.15, 0.2) is 5.96 Å². The molecule has 0 aliphatic rings. The van der Waals surface area contributed by atoms with E-state index in [-0.39, 0.29) is 24.0 Å². The minimum Gasteiger partial charge on any atom is -0.494 e. The highest BCUT2D eigenvalue weighted by atomic mass is 127. The van der Waals surface area contributed by atoms with Crippen LogP contribution in [0.1, 0.15) is 25.3 Å². The molecule has 0 amide bonds. The van der Waals surface area contributed by atoms with Crippen LogP contribution in [-0.4, -0.2) is 29.3 Å². The van der Waals surface area contributed by atoms with E-state index in [2.05, 4.69) is 25.8 Å². The Morgan fingerprint density at radius 2 is 1.87 bits per heavy atom. The molecule has 0 aliphatic carbocycles. The molecule has 0 unspecified atom stereocenters. The molecule has 0 radical (unpaired) electrons. The largest absolute Gasteiger partial charge is 0.494 e. The molecule has 7 nitrogen and oxygen atoms in total. The highest BCUT2D eigenvalue weighted by Crippen LogP contribution is 2.19. The molecule has 9 heteroatoms. The fourth-order valence-electron chi connectivity index (χ4n) is 2.64. The average molecular weight is 542 g/mol. The predicted octanol–water partition coefficient (Wildman–Crippen LogP) is 4.66. The third kappa shape index (κ3) is 6.88. The van der Waals surface area contributed by atoms with Gasteiger partial charge < -0.3 is 19.9 Å². The number of hydrogen-bond acceptors (Lipinski definition) is 5. The van der Waals surface area contributed by atoms with Crippen molar-refractivity contribution in [1.29, 1.82) is 0 Å². The van der Waals surface area contributed by atoms with E-state index in [0.29, 0.717) is 42.4 Å². The molecule has 2 aromatic carbocycles. The number of ether oxygens (including phenoxy) is 1. The molecule has 0 atom stereocenters. The van der Waals surface area contributed by atoms with Crippen LogP contribution in [0.15, 0.2) is 58.0 Å². The SMILES string of the molecule is CCNC(=NCc1ccccc1OCC)NCc1nc(-c2ccc(Cl)cc2)no1.I. The van der Waals surface area contributed by atoms with Gasteiger partial charge in [0.1, 0.15) is 5.75 Å². The molecule has 1 heterocycles. The van der Waals surface area contributed by atoms with E-state index < -0.39 is 0 Å². The Labute approximate surface area is 198 Å². The Morgan fingerprint density at radius 1 is 1.10 bits per heavy atom. The molecule has 1 aromatic heterocycles. The summed E-state index contributed by atoms with van der Waals surface area (Å²) >= 11 is 5.92. The summed E-state index contributed by atoms with van der Waals surface area (Å²) in [5, 5.41) is 11.1. The lowest BCUT2D eigenvalue weighted by atomic mass is 10.2. The zero-order chi connectivity index (χ0) is 20.5. The Kier molecular flexibility index (Phi) is 9.88. The molecule has 2 N–H and O–H groups in total. The van der Waals surface area contributed by atoms with Crippen LogP contribution in [-0.2, 0) is 13.1 Å². The number of para-hydroxylation sites is 1. The van der Waals surface area contributed by atoms with Crippen LogP contribution >= 0.6 is 35.6 Å². The summed E-state index contributed by atoms with van der Waals surface area (Å²) in [6.07, 6.45) is 0. The smallest absolute Gasteiger partial charge is 0.246 e. The van der Waals surface area contributed by atoms with Crippen LogP contribution in [0.25, 0.3) is 11.4 Å². The average Bonchev–Trinajstić information content (AvgIpc) is 3.21. The maximum atomic E-state index is 5.92. The molecule has 0 bridgehead atoms. The number of hydrogen-bond donors (Lipinski definition) is 2. The van der Waals surface area contributed by atoms with Gasteiger partial charge in [-0.05, 0) is 44.2 Å². The zero-order valence-corrected chi connectivity index (χ0v) is 20.0. The van der Waals surface area contributed by atoms with Crippen molar-refractivity contribution in [2.75, 3.05) is 13.2 Å². The van der Waals surface area contributed by atoms with Crippen molar-refractivity contribution in [3.63, 3.8) is 0 Å². The summed E-state index contributed by atoms with van der Waals surface area (Å²) in [6.45, 7) is 6.18. The van der Waals surface area contributed by atoms with E-state index in [1.807, 2.05) is 50.2 Å². The predicted molar refractivity (Wildman–Crippen MR) is 129 cm³/mol. The van der Waals surface area contributed by atoms with Crippen molar-refractivity contribution >= 4 is 41.5 Å². The standard InChI is InChI=1S/C21H24ClN5O2.HI/c1-3-23-21(24-13-16-7-5-6-8-18(16)28-4-2)25-14-19-26-20(27-29-19)15-9-11-17(22)12-10-15;/h5-12H,3-4,13-14H2,1-2H3,(H2,23,24,25);1H. The number of aliphatic imine (C=N–C) groups is 1.